The molecule has 3 heterocycles. The van der Waals surface area contributed by atoms with E-state index in [4.69, 9.17) is 19.6 Å². The summed E-state index contributed by atoms with van der Waals surface area (Å²) in [6, 6.07) is 19.5. The summed E-state index contributed by atoms with van der Waals surface area (Å²) in [7, 11) is 0. The first-order valence-corrected chi connectivity index (χ1v) is 15.3. The van der Waals surface area contributed by atoms with Gasteiger partial charge in [0.1, 0.15) is 5.75 Å². The smallest absolute Gasteiger partial charge is 0.490 e. The maximum absolute atomic E-state index is 10.6. The monoisotopic (exact) mass is 600 g/mol. The molecule has 1 aromatic heterocycles. The molecule has 2 saturated heterocycles. The molecule has 0 atom stereocenters. The van der Waals surface area contributed by atoms with Gasteiger partial charge in [-0.15, -0.1) is 0 Å². The molecule has 2 aromatic carbocycles. The molecular weight excluding hydrogens is 557 g/mol. The molecule has 0 aliphatic carbocycles. The van der Waals surface area contributed by atoms with Gasteiger partial charge in [-0.1, -0.05) is 43.2 Å². The van der Waals surface area contributed by atoms with E-state index in [0.29, 0.717) is 0 Å². The van der Waals surface area contributed by atoms with E-state index in [1.807, 2.05) is 0 Å². The summed E-state index contributed by atoms with van der Waals surface area (Å²) >= 11 is 0. The second-order valence-corrected chi connectivity index (χ2v) is 11.3. The van der Waals surface area contributed by atoms with Crippen molar-refractivity contribution < 1.29 is 27.8 Å². The maximum atomic E-state index is 10.6. The van der Waals surface area contributed by atoms with Crippen molar-refractivity contribution in [3.63, 3.8) is 0 Å². The van der Waals surface area contributed by atoms with Gasteiger partial charge in [-0.3, -0.25) is 9.88 Å². The molecule has 10 heteroatoms. The van der Waals surface area contributed by atoms with Crippen LogP contribution in [0.1, 0.15) is 43.4 Å². The number of fused-ring (bicyclic) bond motifs is 1. The van der Waals surface area contributed by atoms with Gasteiger partial charge in [0, 0.05) is 56.0 Å². The summed E-state index contributed by atoms with van der Waals surface area (Å²) in [6.45, 7) is 12.0. The summed E-state index contributed by atoms with van der Waals surface area (Å²) in [4.78, 5) is 21.4. The van der Waals surface area contributed by atoms with Gasteiger partial charge in [-0.05, 0) is 75.5 Å². The van der Waals surface area contributed by atoms with Crippen LogP contribution in [0.25, 0.3) is 10.9 Å². The van der Waals surface area contributed by atoms with Gasteiger partial charge >= 0.3 is 12.1 Å². The van der Waals surface area contributed by atoms with Gasteiger partial charge in [-0.25, -0.2) is 4.79 Å². The van der Waals surface area contributed by atoms with Crippen molar-refractivity contribution in [1.82, 2.24) is 14.8 Å². The van der Waals surface area contributed by atoms with Gasteiger partial charge in [-0.2, -0.15) is 13.2 Å². The van der Waals surface area contributed by atoms with Crippen molar-refractivity contribution in [2.24, 2.45) is 0 Å². The van der Waals surface area contributed by atoms with E-state index < -0.39 is 12.1 Å². The van der Waals surface area contributed by atoms with E-state index in [-0.39, 0.29) is 0 Å². The van der Waals surface area contributed by atoms with Crippen LogP contribution in [0.4, 0.5) is 18.9 Å². The Kier molecular flexibility index (Phi) is 12.0. The summed E-state index contributed by atoms with van der Waals surface area (Å²) < 4.78 is 37.9. The second kappa shape index (κ2) is 15.9. The molecule has 3 aromatic rings. The minimum absolute atomic E-state index is 0.811. The number of carboxylic acid groups (broad SMARTS) is 1. The fourth-order valence-corrected chi connectivity index (χ4v) is 5.68. The van der Waals surface area contributed by atoms with Gasteiger partial charge in [0.2, 0.25) is 0 Å². The topological polar surface area (TPSA) is 69.1 Å². The number of ether oxygens (including phenoxy) is 1. The predicted molar refractivity (Wildman–Crippen MR) is 164 cm³/mol. The average Bonchev–Trinajstić information content (AvgIpc) is 3.27. The third-order valence-corrected chi connectivity index (χ3v) is 7.98. The molecule has 7 nitrogen and oxygen atoms in total. The number of piperazine rings is 1. The van der Waals surface area contributed by atoms with Crippen LogP contribution in [0.2, 0.25) is 0 Å². The average molecular weight is 601 g/mol. The second-order valence-electron chi connectivity index (χ2n) is 11.3. The number of aryl methyl sites for hydroxylation is 1. The van der Waals surface area contributed by atoms with E-state index in [2.05, 4.69) is 76.2 Å². The van der Waals surface area contributed by atoms with Crippen LogP contribution in [0.3, 0.4) is 0 Å². The Morgan fingerprint density at radius 3 is 2.26 bits per heavy atom. The van der Waals surface area contributed by atoms with Crippen molar-refractivity contribution in [3.8, 4) is 5.75 Å². The van der Waals surface area contributed by atoms with Crippen LogP contribution in [-0.2, 0) is 11.2 Å². The Balaban J connectivity index is 0.000000541. The highest BCUT2D eigenvalue weighted by Gasteiger charge is 2.38. The third kappa shape index (κ3) is 10.4. The number of para-hydroxylation sites is 1. The van der Waals surface area contributed by atoms with Gasteiger partial charge < -0.3 is 19.6 Å². The zero-order valence-electron chi connectivity index (χ0n) is 25.0. The number of aromatic nitrogens is 1. The van der Waals surface area contributed by atoms with E-state index >= 15 is 0 Å². The molecule has 0 unspecified atom stereocenters. The lowest BCUT2D eigenvalue weighted by molar-refractivity contribution is -0.192. The minimum Gasteiger partial charge on any atom is -0.494 e. The van der Waals surface area contributed by atoms with E-state index in [0.717, 1.165) is 69.1 Å². The number of pyridine rings is 1. The zero-order valence-corrected chi connectivity index (χ0v) is 25.0. The molecule has 2 aliphatic rings. The van der Waals surface area contributed by atoms with Crippen LogP contribution in [0.15, 0.2) is 54.6 Å². The fourth-order valence-electron chi connectivity index (χ4n) is 5.68. The van der Waals surface area contributed by atoms with E-state index in [9.17, 15) is 13.2 Å². The first-order chi connectivity index (χ1) is 20.7. The van der Waals surface area contributed by atoms with Crippen LogP contribution < -0.4 is 9.64 Å². The van der Waals surface area contributed by atoms with E-state index in [1.165, 1.54) is 62.0 Å². The van der Waals surface area contributed by atoms with Crippen molar-refractivity contribution in [3.05, 3.63) is 65.9 Å². The normalized spacial score (nSPS) is 16.8. The standard InChI is InChI=1S/C31H42N4O.C2HF3O2/c1-26-24-31(29-12-4-5-13-30(29)32-26)35-21-19-34(20-22-35)18-14-27-10-8-11-28(25-27)36-23-9-17-33-15-6-2-3-7-16-33;3-2(4,5)1(6)7/h4-5,8,10-13,24-25H,2-3,6-7,9,14-23H2,1H3;(H,6,7). The predicted octanol–water partition coefficient (Wildman–Crippen LogP) is 6.19. The summed E-state index contributed by atoms with van der Waals surface area (Å²) in [5.74, 6) is -1.74. The van der Waals surface area contributed by atoms with Crippen LogP contribution >= 0.6 is 0 Å². The molecule has 43 heavy (non-hydrogen) atoms. The number of rotatable bonds is 9. The highest BCUT2D eigenvalue weighted by Crippen LogP contribution is 2.27. The number of aliphatic carboxylic acids is 1. The third-order valence-electron chi connectivity index (χ3n) is 7.98. The highest BCUT2D eigenvalue weighted by atomic mass is 19.4. The number of carboxylic acids is 1. The first kappa shape index (κ1) is 32.5. The number of alkyl halides is 3. The lowest BCUT2D eigenvalue weighted by Gasteiger charge is -2.36. The summed E-state index contributed by atoms with van der Waals surface area (Å²) in [5.41, 5.74) is 4.89. The maximum Gasteiger partial charge on any atom is 0.490 e. The Hall–Kier alpha value is -3.37. The fraction of sp³-hybridized carbons (Fsp3) is 0.515. The Labute approximate surface area is 252 Å². The zero-order chi connectivity index (χ0) is 30.7. The molecule has 234 valence electrons. The first-order valence-electron chi connectivity index (χ1n) is 15.3. The van der Waals surface area contributed by atoms with Crippen LogP contribution in [0, 0.1) is 6.92 Å². The molecule has 0 bridgehead atoms. The highest BCUT2D eigenvalue weighted by molar-refractivity contribution is 5.92. The molecule has 0 saturated carbocycles. The Morgan fingerprint density at radius 2 is 1.56 bits per heavy atom. The number of nitrogens with zero attached hydrogens (tertiary/aromatic N) is 4. The quantitative estimate of drug-likeness (QED) is 0.294. The van der Waals surface area contributed by atoms with Crippen LogP contribution in [0.5, 0.6) is 5.75 Å². The molecule has 1 N–H and O–H groups in total. The summed E-state index contributed by atoms with van der Waals surface area (Å²) in [6.07, 6.45) is 2.62. The number of anilines is 1. The minimum atomic E-state index is -5.08. The van der Waals surface area contributed by atoms with Crippen molar-refractivity contribution >= 4 is 22.6 Å². The molecule has 5 rings (SSSR count). The van der Waals surface area contributed by atoms with Gasteiger partial charge in [0.15, 0.2) is 0 Å². The summed E-state index contributed by atoms with van der Waals surface area (Å²) in [5, 5.41) is 8.39. The largest absolute Gasteiger partial charge is 0.494 e. The molecule has 0 spiro atoms. The van der Waals surface area contributed by atoms with Gasteiger partial charge in [0.25, 0.3) is 0 Å². The number of carbonyl (C=O) groups is 1. The van der Waals surface area contributed by atoms with Crippen molar-refractivity contribution in [2.75, 3.05) is 63.9 Å². The SMILES string of the molecule is Cc1cc(N2CCN(CCc3cccc(OCCCN4CCCCCC4)c3)CC2)c2ccccc2n1.O=C(O)C(F)(F)F. The molecule has 0 radical (unpaired) electrons. The van der Waals surface area contributed by atoms with Crippen molar-refractivity contribution in [2.45, 2.75) is 51.6 Å². The van der Waals surface area contributed by atoms with Crippen LogP contribution in [-0.4, -0.2) is 91.0 Å². The molecular formula is C33H43F3N4O3. The Bertz CT molecular complexity index is 1300. The molecule has 2 fully saturated rings. The lowest BCUT2D eigenvalue weighted by Crippen LogP contribution is -2.47. The van der Waals surface area contributed by atoms with E-state index in [1.54, 1.807) is 0 Å². The number of benzene rings is 2. The lowest BCUT2D eigenvalue weighted by atomic mass is 10.1. The van der Waals surface area contributed by atoms with Crippen molar-refractivity contribution in [1.29, 1.82) is 0 Å². The Morgan fingerprint density at radius 1 is 0.884 bits per heavy atom. The molecule has 2 aliphatic heterocycles. The number of hydrogen-bond acceptors (Lipinski definition) is 6. The number of likely N-dealkylation sites (tertiary alicyclic amines) is 1. The number of halogens is 3. The van der Waals surface area contributed by atoms with Gasteiger partial charge in [0.05, 0.1) is 12.1 Å². The molecule has 0 amide bonds. The number of hydrogen-bond donors (Lipinski definition) is 1.